The van der Waals surface area contributed by atoms with Crippen LogP contribution >= 0.6 is 0 Å². The zero-order valence-electron chi connectivity index (χ0n) is 17.9. The molecule has 0 bridgehead atoms. The fraction of sp³-hybridized carbons (Fsp3) is 1.00. The van der Waals surface area contributed by atoms with E-state index in [0.717, 1.165) is 19.3 Å². The van der Waals surface area contributed by atoms with E-state index in [1.54, 1.807) is 0 Å². The fourth-order valence-corrected chi connectivity index (χ4v) is 2.31. The first-order chi connectivity index (χ1) is 13.0. The predicted octanol–water partition coefficient (Wildman–Crippen LogP) is 3.39. The van der Waals surface area contributed by atoms with Gasteiger partial charge in [0.25, 0.3) is 0 Å². The number of unbranched alkanes of at least 4 members (excludes halogenated alkanes) is 9. The Morgan fingerprint density at radius 2 is 1.19 bits per heavy atom. The first-order valence-electron chi connectivity index (χ1n) is 10.8. The maximum Gasteiger partial charge on any atom is 0.180 e. The van der Waals surface area contributed by atoms with Crippen LogP contribution in [0.4, 0.5) is 0 Å². The molecule has 6 heteroatoms. The Kier molecular flexibility index (Phi) is 25.5. The van der Waals surface area contributed by atoms with Crippen LogP contribution in [-0.4, -0.2) is 65.4 Å². The second kappa shape index (κ2) is 23.8. The van der Waals surface area contributed by atoms with Crippen LogP contribution in [0.5, 0.6) is 0 Å². The number of rotatable bonds is 18. The highest BCUT2D eigenvalue weighted by Crippen LogP contribution is 2.05. The molecule has 0 spiro atoms. The Hall–Kier alpha value is -0.240. The van der Waals surface area contributed by atoms with Crippen molar-refractivity contribution in [3.63, 3.8) is 0 Å². The maximum atomic E-state index is 9.06. The van der Waals surface area contributed by atoms with Crippen molar-refractivity contribution in [3.05, 3.63) is 0 Å². The molecule has 0 amide bonds. The summed E-state index contributed by atoms with van der Waals surface area (Å²) in [5.74, 6) is 0. The van der Waals surface area contributed by atoms with Gasteiger partial charge in [-0.2, -0.15) is 0 Å². The number of hydrogen-bond acceptors (Lipinski definition) is 6. The third-order valence-corrected chi connectivity index (χ3v) is 4.11. The third-order valence-electron chi connectivity index (χ3n) is 4.11. The molecule has 0 fully saturated rings. The molecule has 0 aromatic rings. The molecule has 166 valence electrons. The van der Waals surface area contributed by atoms with E-state index < -0.39 is 18.5 Å². The van der Waals surface area contributed by atoms with Gasteiger partial charge in [-0.05, 0) is 19.8 Å². The second-order valence-electron chi connectivity index (χ2n) is 7.10. The monoisotopic (exact) mass is 394 g/mol. The van der Waals surface area contributed by atoms with Crippen LogP contribution in [0.2, 0.25) is 0 Å². The molecule has 27 heavy (non-hydrogen) atoms. The molecule has 4 N–H and O–H groups in total. The van der Waals surface area contributed by atoms with Gasteiger partial charge >= 0.3 is 0 Å². The van der Waals surface area contributed by atoms with Crippen LogP contribution < -0.4 is 0 Å². The lowest BCUT2D eigenvalue weighted by atomic mass is 10.1. The highest BCUT2D eigenvalue weighted by atomic mass is 16.6. The van der Waals surface area contributed by atoms with E-state index >= 15 is 0 Å². The van der Waals surface area contributed by atoms with Gasteiger partial charge in [0.2, 0.25) is 0 Å². The summed E-state index contributed by atoms with van der Waals surface area (Å²) >= 11 is 0. The van der Waals surface area contributed by atoms with Crippen molar-refractivity contribution < 1.29 is 29.9 Å². The topological polar surface area (TPSA) is 99.4 Å². The molecule has 0 aliphatic carbocycles. The van der Waals surface area contributed by atoms with Crippen molar-refractivity contribution in [2.24, 2.45) is 0 Å². The summed E-state index contributed by atoms with van der Waals surface area (Å²) in [7, 11) is 0. The van der Waals surface area contributed by atoms with Gasteiger partial charge in [0.1, 0.15) is 12.2 Å². The Labute approximate surface area is 166 Å². The molecular weight excluding hydrogens is 348 g/mol. The van der Waals surface area contributed by atoms with E-state index in [9.17, 15) is 0 Å². The Balaban J connectivity index is 0. The SMILES string of the molecule is CCCCCCCCOCC(O)CO.CCCCCCCOC(O)C(C)O. The Bertz CT molecular complexity index is 263. The van der Waals surface area contributed by atoms with Crippen molar-refractivity contribution >= 4 is 0 Å². The van der Waals surface area contributed by atoms with Crippen molar-refractivity contribution in [2.75, 3.05) is 26.4 Å². The molecule has 0 rings (SSSR count). The average Bonchev–Trinajstić information content (AvgIpc) is 2.66. The van der Waals surface area contributed by atoms with Crippen molar-refractivity contribution in [1.29, 1.82) is 0 Å². The minimum absolute atomic E-state index is 0.212. The van der Waals surface area contributed by atoms with Crippen molar-refractivity contribution in [3.8, 4) is 0 Å². The van der Waals surface area contributed by atoms with Crippen LogP contribution in [0.15, 0.2) is 0 Å². The predicted molar refractivity (Wildman–Crippen MR) is 110 cm³/mol. The van der Waals surface area contributed by atoms with Gasteiger partial charge in [-0.25, -0.2) is 0 Å². The van der Waals surface area contributed by atoms with E-state index in [1.165, 1.54) is 58.3 Å². The van der Waals surface area contributed by atoms with Crippen LogP contribution in [0, 0.1) is 0 Å². The molecule has 6 nitrogen and oxygen atoms in total. The van der Waals surface area contributed by atoms with Gasteiger partial charge in [-0.3, -0.25) is 0 Å². The summed E-state index contributed by atoms with van der Waals surface area (Å²) < 4.78 is 10.2. The minimum Gasteiger partial charge on any atom is -0.394 e. The molecule has 0 saturated carbocycles. The van der Waals surface area contributed by atoms with Crippen molar-refractivity contribution in [1.82, 2.24) is 0 Å². The lowest BCUT2D eigenvalue weighted by Gasteiger charge is -2.13. The van der Waals surface area contributed by atoms with Crippen LogP contribution in [0.1, 0.15) is 91.4 Å². The van der Waals surface area contributed by atoms with Gasteiger partial charge in [0, 0.05) is 13.2 Å². The Morgan fingerprint density at radius 1 is 0.704 bits per heavy atom. The largest absolute Gasteiger partial charge is 0.394 e. The van der Waals surface area contributed by atoms with E-state index in [4.69, 9.17) is 29.9 Å². The number of aliphatic hydroxyl groups excluding tert-OH is 4. The first-order valence-corrected chi connectivity index (χ1v) is 10.8. The molecule has 0 aliphatic rings. The van der Waals surface area contributed by atoms with E-state index in [0.29, 0.717) is 13.2 Å². The van der Waals surface area contributed by atoms with Gasteiger partial charge in [0.05, 0.1) is 13.2 Å². The quantitative estimate of drug-likeness (QED) is 0.210. The van der Waals surface area contributed by atoms with E-state index in [2.05, 4.69) is 13.8 Å². The lowest BCUT2D eigenvalue weighted by molar-refractivity contribution is -0.156. The summed E-state index contributed by atoms with van der Waals surface area (Å²) in [4.78, 5) is 0. The van der Waals surface area contributed by atoms with Crippen molar-refractivity contribution in [2.45, 2.75) is 110 Å². The summed E-state index contributed by atoms with van der Waals surface area (Å²) in [5, 5.41) is 35.4. The number of ether oxygens (including phenoxy) is 2. The molecule has 0 aliphatic heterocycles. The maximum absolute atomic E-state index is 9.06. The fourth-order valence-electron chi connectivity index (χ4n) is 2.31. The number of aliphatic hydroxyl groups is 4. The van der Waals surface area contributed by atoms with E-state index in [1.807, 2.05) is 0 Å². The molecule has 0 radical (unpaired) electrons. The zero-order chi connectivity index (χ0) is 20.8. The summed E-state index contributed by atoms with van der Waals surface area (Å²) in [6.07, 6.45) is 10.7. The molecule has 3 atom stereocenters. The molecule has 0 saturated heterocycles. The number of hydrogen-bond donors (Lipinski definition) is 4. The highest BCUT2D eigenvalue weighted by molar-refractivity contribution is 4.50. The van der Waals surface area contributed by atoms with Gasteiger partial charge in [0.15, 0.2) is 6.29 Å². The third kappa shape index (κ3) is 25.8. The summed E-state index contributed by atoms with van der Waals surface area (Å²) in [6, 6.07) is 0. The Morgan fingerprint density at radius 3 is 1.67 bits per heavy atom. The standard InChI is InChI=1S/C11H24O3.C10H22O3/c1-2-3-4-5-6-7-8-14-10-11(13)9-12;1-3-4-5-6-7-8-13-10(12)9(2)11/h11-13H,2-10H2,1H3;9-12H,3-8H2,1-2H3. The minimum atomic E-state index is -1.02. The highest BCUT2D eigenvalue weighted by Gasteiger charge is 2.09. The van der Waals surface area contributed by atoms with Gasteiger partial charge in [-0.15, -0.1) is 0 Å². The smallest absolute Gasteiger partial charge is 0.180 e. The average molecular weight is 395 g/mol. The second-order valence-corrected chi connectivity index (χ2v) is 7.10. The van der Waals surface area contributed by atoms with Gasteiger partial charge in [-0.1, -0.05) is 71.6 Å². The van der Waals surface area contributed by atoms with Crippen LogP contribution in [0.3, 0.4) is 0 Å². The summed E-state index contributed by atoms with van der Waals surface area (Å²) in [6.45, 7) is 7.18. The first kappa shape index (κ1) is 29.0. The molecule has 0 heterocycles. The molecule has 3 unspecified atom stereocenters. The molecular formula is C21H46O6. The van der Waals surface area contributed by atoms with Crippen LogP contribution in [0.25, 0.3) is 0 Å². The molecule has 0 aromatic carbocycles. The lowest BCUT2D eigenvalue weighted by Crippen LogP contribution is -2.26. The van der Waals surface area contributed by atoms with Crippen LogP contribution in [-0.2, 0) is 9.47 Å². The summed E-state index contributed by atoms with van der Waals surface area (Å²) in [5.41, 5.74) is 0. The van der Waals surface area contributed by atoms with Gasteiger partial charge < -0.3 is 29.9 Å². The normalized spacial score (nSPS) is 14.3. The zero-order valence-corrected chi connectivity index (χ0v) is 17.9. The molecule has 0 aromatic heterocycles. The van der Waals surface area contributed by atoms with E-state index in [-0.39, 0.29) is 13.2 Å².